The lowest BCUT2D eigenvalue weighted by atomic mass is 10.0. The number of carbonyl (C=O) groups is 1. The third kappa shape index (κ3) is 4.08. The fourth-order valence-corrected chi connectivity index (χ4v) is 4.10. The number of benzene rings is 1. The van der Waals surface area contributed by atoms with E-state index < -0.39 is 11.7 Å². The van der Waals surface area contributed by atoms with Gasteiger partial charge in [-0.2, -0.15) is 13.2 Å². The van der Waals surface area contributed by atoms with Gasteiger partial charge in [0.05, 0.1) is 11.1 Å². The van der Waals surface area contributed by atoms with Gasteiger partial charge in [0.1, 0.15) is 0 Å². The lowest BCUT2D eigenvalue weighted by Crippen LogP contribution is -2.24. The SMILES string of the molecule is CN(C)Cc1ccc(NC(=O)c2csc3c2CCNC3)cc1C(F)(F)F. The van der Waals surface area contributed by atoms with Crippen molar-refractivity contribution < 1.29 is 18.0 Å². The van der Waals surface area contributed by atoms with Crippen molar-refractivity contribution in [2.24, 2.45) is 0 Å². The Balaban J connectivity index is 1.85. The molecule has 1 amide bonds. The standard InChI is InChI=1S/C18H20F3N3OS/c1-24(2)9-11-3-4-12(7-15(11)18(19,20)21)23-17(25)14-10-26-16-8-22-6-5-13(14)16/h3-4,7,10,22H,5-6,8-9H2,1-2H3,(H,23,25). The number of rotatable bonds is 4. The predicted molar refractivity (Wildman–Crippen MR) is 96.5 cm³/mol. The molecule has 0 radical (unpaired) electrons. The van der Waals surface area contributed by atoms with Gasteiger partial charge in [-0.05, 0) is 50.3 Å². The van der Waals surface area contributed by atoms with Crippen LogP contribution in [0.5, 0.6) is 0 Å². The van der Waals surface area contributed by atoms with Gasteiger partial charge in [0.15, 0.2) is 0 Å². The average Bonchev–Trinajstić information content (AvgIpc) is 2.99. The van der Waals surface area contributed by atoms with Gasteiger partial charge in [-0.1, -0.05) is 6.07 Å². The molecule has 0 saturated heterocycles. The van der Waals surface area contributed by atoms with Crippen LogP contribution in [0.1, 0.15) is 31.9 Å². The molecule has 0 atom stereocenters. The highest BCUT2D eigenvalue weighted by molar-refractivity contribution is 7.10. The molecule has 1 aliphatic rings. The normalized spacial score (nSPS) is 14.4. The highest BCUT2D eigenvalue weighted by Crippen LogP contribution is 2.34. The van der Waals surface area contributed by atoms with Gasteiger partial charge < -0.3 is 15.5 Å². The number of anilines is 1. The number of nitrogens with zero attached hydrogens (tertiary/aromatic N) is 1. The third-order valence-corrected chi connectivity index (χ3v) is 5.25. The van der Waals surface area contributed by atoms with Gasteiger partial charge in [0, 0.05) is 29.0 Å². The lowest BCUT2D eigenvalue weighted by Gasteiger charge is -2.18. The molecule has 26 heavy (non-hydrogen) atoms. The number of fused-ring (bicyclic) bond motifs is 1. The Morgan fingerprint density at radius 2 is 2.12 bits per heavy atom. The number of carbonyl (C=O) groups excluding carboxylic acids is 1. The van der Waals surface area contributed by atoms with Crippen LogP contribution >= 0.6 is 11.3 Å². The molecule has 8 heteroatoms. The maximum absolute atomic E-state index is 13.4. The second-order valence-electron chi connectivity index (χ2n) is 6.54. The van der Waals surface area contributed by atoms with E-state index in [4.69, 9.17) is 0 Å². The van der Waals surface area contributed by atoms with Crippen molar-refractivity contribution in [1.82, 2.24) is 10.2 Å². The Labute approximate surface area is 154 Å². The molecular formula is C18H20F3N3OS. The first kappa shape index (κ1) is 18.9. The molecular weight excluding hydrogens is 363 g/mol. The first-order valence-electron chi connectivity index (χ1n) is 8.22. The van der Waals surface area contributed by atoms with E-state index >= 15 is 0 Å². The second-order valence-corrected chi connectivity index (χ2v) is 7.50. The van der Waals surface area contributed by atoms with Gasteiger partial charge in [0.25, 0.3) is 5.91 Å². The van der Waals surface area contributed by atoms with E-state index in [2.05, 4.69) is 10.6 Å². The molecule has 2 aromatic rings. The van der Waals surface area contributed by atoms with E-state index in [-0.39, 0.29) is 23.7 Å². The van der Waals surface area contributed by atoms with Gasteiger partial charge in [-0.25, -0.2) is 0 Å². The number of halogens is 3. The molecule has 2 heterocycles. The highest BCUT2D eigenvalue weighted by atomic mass is 32.1. The van der Waals surface area contributed by atoms with Crippen molar-refractivity contribution in [2.45, 2.75) is 25.7 Å². The zero-order chi connectivity index (χ0) is 18.9. The zero-order valence-electron chi connectivity index (χ0n) is 14.5. The smallest absolute Gasteiger partial charge is 0.322 e. The molecule has 1 aromatic heterocycles. The Kier molecular flexibility index (Phi) is 5.36. The molecule has 4 nitrogen and oxygen atoms in total. The molecule has 3 rings (SSSR count). The molecule has 0 unspecified atom stereocenters. The van der Waals surface area contributed by atoms with Gasteiger partial charge in [0.2, 0.25) is 0 Å². The third-order valence-electron chi connectivity index (χ3n) is 4.22. The molecule has 0 saturated carbocycles. The minimum Gasteiger partial charge on any atom is -0.322 e. The van der Waals surface area contributed by atoms with E-state index in [9.17, 15) is 18.0 Å². The van der Waals surface area contributed by atoms with E-state index in [1.165, 1.54) is 23.5 Å². The maximum Gasteiger partial charge on any atom is 0.416 e. The molecule has 0 fully saturated rings. The summed E-state index contributed by atoms with van der Waals surface area (Å²) in [7, 11) is 3.43. The molecule has 0 spiro atoms. The van der Waals surface area contributed by atoms with Crippen molar-refractivity contribution in [2.75, 3.05) is 26.0 Å². The van der Waals surface area contributed by atoms with Gasteiger partial charge in [-0.3, -0.25) is 4.79 Å². The summed E-state index contributed by atoms with van der Waals surface area (Å²) in [6, 6.07) is 3.95. The van der Waals surface area contributed by atoms with E-state index in [1.807, 2.05) is 0 Å². The second kappa shape index (κ2) is 7.38. The summed E-state index contributed by atoms with van der Waals surface area (Å²) in [5.74, 6) is -0.363. The number of nitrogens with one attached hydrogen (secondary N) is 2. The van der Waals surface area contributed by atoms with Crippen molar-refractivity contribution >= 4 is 22.9 Å². The fraction of sp³-hybridized carbons (Fsp3) is 0.389. The number of hydrogen-bond acceptors (Lipinski definition) is 4. The molecule has 140 valence electrons. The van der Waals surface area contributed by atoms with Crippen LogP contribution in [-0.2, 0) is 25.7 Å². The number of hydrogen-bond donors (Lipinski definition) is 2. The first-order valence-corrected chi connectivity index (χ1v) is 9.10. The van der Waals surface area contributed by atoms with Crippen molar-refractivity contribution in [3.63, 3.8) is 0 Å². The van der Waals surface area contributed by atoms with Crippen LogP contribution in [-0.4, -0.2) is 31.4 Å². The Hall–Kier alpha value is -1.90. The van der Waals surface area contributed by atoms with Crippen LogP contribution in [0.4, 0.5) is 18.9 Å². The molecule has 2 N–H and O–H groups in total. The predicted octanol–water partition coefficient (Wildman–Crippen LogP) is 3.73. The monoisotopic (exact) mass is 383 g/mol. The Bertz CT molecular complexity index is 814. The number of amides is 1. The van der Waals surface area contributed by atoms with Crippen LogP contribution < -0.4 is 10.6 Å². The largest absolute Gasteiger partial charge is 0.416 e. The first-order chi connectivity index (χ1) is 12.3. The average molecular weight is 383 g/mol. The van der Waals surface area contributed by atoms with Crippen LogP contribution in [0.3, 0.4) is 0 Å². The van der Waals surface area contributed by atoms with Crippen LogP contribution in [0.2, 0.25) is 0 Å². The van der Waals surface area contributed by atoms with Crippen molar-refractivity contribution in [3.05, 3.63) is 50.7 Å². The van der Waals surface area contributed by atoms with Crippen LogP contribution in [0.15, 0.2) is 23.6 Å². The summed E-state index contributed by atoms with van der Waals surface area (Å²) in [5.41, 5.74) is 1.16. The molecule has 0 aliphatic carbocycles. The van der Waals surface area contributed by atoms with Crippen molar-refractivity contribution in [1.29, 1.82) is 0 Å². The lowest BCUT2D eigenvalue weighted by molar-refractivity contribution is -0.138. The minimum absolute atomic E-state index is 0.152. The molecule has 0 bridgehead atoms. The minimum atomic E-state index is -4.47. The summed E-state index contributed by atoms with van der Waals surface area (Å²) in [4.78, 5) is 15.3. The Morgan fingerprint density at radius 1 is 1.35 bits per heavy atom. The zero-order valence-corrected chi connectivity index (χ0v) is 15.4. The summed E-state index contributed by atoms with van der Waals surface area (Å²) in [6.07, 6.45) is -3.73. The highest BCUT2D eigenvalue weighted by Gasteiger charge is 2.34. The summed E-state index contributed by atoms with van der Waals surface area (Å²) in [6.45, 7) is 1.69. The maximum atomic E-state index is 13.4. The van der Waals surface area contributed by atoms with E-state index in [1.54, 1.807) is 24.4 Å². The Morgan fingerprint density at radius 3 is 2.81 bits per heavy atom. The topological polar surface area (TPSA) is 44.4 Å². The molecule has 1 aromatic carbocycles. The summed E-state index contributed by atoms with van der Waals surface area (Å²) >= 11 is 1.50. The number of alkyl halides is 3. The van der Waals surface area contributed by atoms with Gasteiger partial charge in [-0.15, -0.1) is 11.3 Å². The van der Waals surface area contributed by atoms with Gasteiger partial charge >= 0.3 is 6.18 Å². The quantitative estimate of drug-likeness (QED) is 0.846. The van der Waals surface area contributed by atoms with Crippen LogP contribution in [0.25, 0.3) is 0 Å². The number of thiophene rings is 1. The molecule has 1 aliphatic heterocycles. The van der Waals surface area contributed by atoms with E-state index in [0.717, 1.165) is 36.0 Å². The van der Waals surface area contributed by atoms with Crippen molar-refractivity contribution in [3.8, 4) is 0 Å². The summed E-state index contributed by atoms with van der Waals surface area (Å²) < 4.78 is 40.1. The van der Waals surface area contributed by atoms with Crippen LogP contribution in [0, 0.1) is 0 Å². The summed E-state index contributed by atoms with van der Waals surface area (Å²) in [5, 5.41) is 7.64. The van der Waals surface area contributed by atoms with E-state index in [0.29, 0.717) is 5.56 Å². The fourth-order valence-electron chi connectivity index (χ4n) is 3.05.